The molecule has 1 aromatic carbocycles. The van der Waals surface area contributed by atoms with E-state index in [1.807, 2.05) is 0 Å². The van der Waals surface area contributed by atoms with E-state index in [0.717, 1.165) is 0 Å². The molecular formula is C12H11BrN4O4. The van der Waals surface area contributed by atoms with Crippen molar-refractivity contribution in [2.45, 2.75) is 6.92 Å². The predicted octanol–water partition coefficient (Wildman–Crippen LogP) is 2.22. The number of anilines is 1. The normalized spacial score (nSPS) is 10.4. The van der Waals surface area contributed by atoms with Crippen molar-refractivity contribution in [3.05, 3.63) is 44.3 Å². The van der Waals surface area contributed by atoms with Gasteiger partial charge in [-0.3, -0.25) is 14.7 Å². The number of aryl methyl sites for hydroxylation is 1. The minimum absolute atomic E-state index is 0.000234. The SMILES string of the molecule is COC(=O)c1nc(C)n(-c2ccc([N+](=O)[O-])cc2Br)c1N. The van der Waals surface area contributed by atoms with Gasteiger partial charge in [0.25, 0.3) is 5.69 Å². The van der Waals surface area contributed by atoms with E-state index < -0.39 is 10.9 Å². The first-order chi connectivity index (χ1) is 9.86. The number of non-ortho nitro benzene ring substituents is 1. The van der Waals surface area contributed by atoms with Crippen molar-refractivity contribution in [1.82, 2.24) is 9.55 Å². The van der Waals surface area contributed by atoms with Crippen LogP contribution in [-0.2, 0) is 4.74 Å². The second kappa shape index (κ2) is 5.52. The lowest BCUT2D eigenvalue weighted by atomic mass is 10.2. The molecule has 2 rings (SSSR count). The number of carbonyl (C=O) groups is 1. The summed E-state index contributed by atoms with van der Waals surface area (Å²) in [4.78, 5) is 25.9. The molecule has 0 aliphatic heterocycles. The fourth-order valence-electron chi connectivity index (χ4n) is 1.89. The summed E-state index contributed by atoms with van der Waals surface area (Å²) < 4.78 is 6.58. The van der Waals surface area contributed by atoms with Crippen molar-refractivity contribution < 1.29 is 14.5 Å². The van der Waals surface area contributed by atoms with Crippen LogP contribution >= 0.6 is 15.9 Å². The highest BCUT2D eigenvalue weighted by Crippen LogP contribution is 2.30. The number of esters is 1. The molecule has 0 atom stereocenters. The number of methoxy groups -OCH3 is 1. The summed E-state index contributed by atoms with van der Waals surface area (Å²) in [5.74, 6) is -0.0799. The van der Waals surface area contributed by atoms with Gasteiger partial charge < -0.3 is 10.5 Å². The highest BCUT2D eigenvalue weighted by molar-refractivity contribution is 9.10. The Balaban J connectivity index is 2.60. The monoisotopic (exact) mass is 354 g/mol. The van der Waals surface area contributed by atoms with Crippen LogP contribution in [0.15, 0.2) is 22.7 Å². The van der Waals surface area contributed by atoms with Crippen molar-refractivity contribution >= 4 is 33.4 Å². The molecule has 1 aromatic heterocycles. The zero-order valence-corrected chi connectivity index (χ0v) is 12.7. The lowest BCUT2D eigenvalue weighted by Gasteiger charge is -2.09. The quantitative estimate of drug-likeness (QED) is 0.513. The van der Waals surface area contributed by atoms with Crippen molar-refractivity contribution in [3.63, 3.8) is 0 Å². The van der Waals surface area contributed by atoms with Gasteiger partial charge in [0.05, 0.1) is 17.7 Å². The number of nitro groups is 1. The van der Waals surface area contributed by atoms with Crippen LogP contribution in [0.5, 0.6) is 0 Å². The molecule has 0 amide bonds. The molecule has 2 aromatic rings. The summed E-state index contributed by atoms with van der Waals surface area (Å²) in [7, 11) is 1.23. The number of hydrogen-bond donors (Lipinski definition) is 1. The Labute approximate surface area is 127 Å². The van der Waals surface area contributed by atoms with Gasteiger partial charge in [-0.1, -0.05) is 0 Å². The van der Waals surface area contributed by atoms with E-state index in [2.05, 4.69) is 25.7 Å². The standard InChI is InChI=1S/C12H11BrN4O4/c1-6-15-10(12(18)21-2)11(14)16(6)9-4-3-7(17(19)20)5-8(9)13/h3-5H,14H2,1-2H3. The number of halogens is 1. The molecule has 0 aliphatic carbocycles. The van der Waals surface area contributed by atoms with Gasteiger partial charge in [0.1, 0.15) is 11.6 Å². The smallest absolute Gasteiger partial charge is 0.360 e. The lowest BCUT2D eigenvalue weighted by Crippen LogP contribution is -2.08. The number of hydrogen-bond acceptors (Lipinski definition) is 6. The summed E-state index contributed by atoms with van der Waals surface area (Å²) in [6.07, 6.45) is 0. The predicted molar refractivity (Wildman–Crippen MR) is 78.4 cm³/mol. The number of imidazole rings is 1. The Morgan fingerprint density at radius 1 is 1.52 bits per heavy atom. The number of aromatic nitrogens is 2. The Morgan fingerprint density at radius 3 is 2.71 bits per heavy atom. The van der Waals surface area contributed by atoms with E-state index in [4.69, 9.17) is 5.73 Å². The zero-order chi connectivity index (χ0) is 15.7. The van der Waals surface area contributed by atoms with Crippen LogP contribution in [0.3, 0.4) is 0 Å². The lowest BCUT2D eigenvalue weighted by molar-refractivity contribution is -0.384. The summed E-state index contributed by atoms with van der Waals surface area (Å²) in [6, 6.07) is 4.22. The van der Waals surface area contributed by atoms with Crippen LogP contribution in [-0.4, -0.2) is 27.6 Å². The number of ether oxygens (including phenoxy) is 1. The first kappa shape index (κ1) is 15.0. The summed E-state index contributed by atoms with van der Waals surface area (Å²) in [5.41, 5.74) is 6.40. The van der Waals surface area contributed by atoms with Gasteiger partial charge in [0, 0.05) is 16.6 Å². The molecule has 21 heavy (non-hydrogen) atoms. The van der Waals surface area contributed by atoms with Gasteiger partial charge in [0.2, 0.25) is 0 Å². The second-order valence-corrected chi connectivity index (χ2v) is 4.97. The number of nitrogens with two attached hydrogens (primary N) is 1. The number of nitrogen functional groups attached to an aromatic ring is 1. The van der Waals surface area contributed by atoms with Gasteiger partial charge in [0.15, 0.2) is 5.69 Å². The average molecular weight is 355 g/mol. The molecule has 0 bridgehead atoms. The van der Waals surface area contributed by atoms with Crippen LogP contribution in [0, 0.1) is 17.0 Å². The molecular weight excluding hydrogens is 344 g/mol. The molecule has 0 unspecified atom stereocenters. The minimum Gasteiger partial charge on any atom is -0.464 e. The second-order valence-electron chi connectivity index (χ2n) is 4.11. The topological polar surface area (TPSA) is 113 Å². The Kier molecular flexibility index (Phi) is 3.94. The molecule has 9 heteroatoms. The number of nitrogens with zero attached hydrogens (tertiary/aromatic N) is 3. The molecule has 1 heterocycles. The summed E-state index contributed by atoms with van der Waals surface area (Å²) in [5, 5.41) is 10.7. The number of nitro benzene ring substituents is 1. The van der Waals surface area contributed by atoms with E-state index in [0.29, 0.717) is 16.0 Å². The van der Waals surface area contributed by atoms with Crippen molar-refractivity contribution in [2.75, 3.05) is 12.8 Å². The molecule has 0 saturated carbocycles. The molecule has 0 spiro atoms. The van der Waals surface area contributed by atoms with Crippen LogP contribution < -0.4 is 5.73 Å². The molecule has 0 radical (unpaired) electrons. The van der Waals surface area contributed by atoms with Crippen LogP contribution in [0.2, 0.25) is 0 Å². The largest absolute Gasteiger partial charge is 0.464 e. The molecule has 8 nitrogen and oxygen atoms in total. The van der Waals surface area contributed by atoms with Crippen molar-refractivity contribution in [1.29, 1.82) is 0 Å². The van der Waals surface area contributed by atoms with Gasteiger partial charge in [-0.25, -0.2) is 9.78 Å². The Morgan fingerprint density at radius 2 is 2.19 bits per heavy atom. The van der Waals surface area contributed by atoms with E-state index in [9.17, 15) is 14.9 Å². The van der Waals surface area contributed by atoms with Crippen LogP contribution in [0.4, 0.5) is 11.5 Å². The number of benzene rings is 1. The van der Waals surface area contributed by atoms with Gasteiger partial charge in [-0.2, -0.15) is 0 Å². The first-order valence-corrected chi connectivity index (χ1v) is 6.53. The maximum atomic E-state index is 11.6. The zero-order valence-electron chi connectivity index (χ0n) is 11.2. The van der Waals surface area contributed by atoms with Crippen LogP contribution in [0.25, 0.3) is 5.69 Å². The molecule has 0 saturated heterocycles. The third-order valence-electron chi connectivity index (χ3n) is 2.84. The van der Waals surface area contributed by atoms with Gasteiger partial charge in [-0.05, 0) is 28.9 Å². The fourth-order valence-corrected chi connectivity index (χ4v) is 2.44. The van der Waals surface area contributed by atoms with E-state index in [1.54, 1.807) is 6.92 Å². The molecule has 0 fully saturated rings. The Hall–Kier alpha value is -2.42. The van der Waals surface area contributed by atoms with Crippen LogP contribution in [0.1, 0.15) is 16.3 Å². The molecule has 0 aliphatic rings. The number of carbonyl (C=O) groups excluding carboxylic acids is 1. The summed E-state index contributed by atoms with van der Waals surface area (Å²) in [6.45, 7) is 1.66. The maximum Gasteiger partial charge on any atom is 0.360 e. The van der Waals surface area contributed by atoms with E-state index >= 15 is 0 Å². The van der Waals surface area contributed by atoms with Crippen molar-refractivity contribution in [2.24, 2.45) is 0 Å². The first-order valence-electron chi connectivity index (χ1n) is 5.74. The van der Waals surface area contributed by atoms with Gasteiger partial charge >= 0.3 is 5.97 Å². The van der Waals surface area contributed by atoms with E-state index in [-0.39, 0.29) is 17.2 Å². The molecule has 2 N–H and O–H groups in total. The average Bonchev–Trinajstić information content (AvgIpc) is 2.73. The maximum absolute atomic E-state index is 11.6. The highest BCUT2D eigenvalue weighted by Gasteiger charge is 2.21. The summed E-state index contributed by atoms with van der Waals surface area (Å²) >= 11 is 3.26. The van der Waals surface area contributed by atoms with Crippen molar-refractivity contribution in [3.8, 4) is 5.69 Å². The highest BCUT2D eigenvalue weighted by atomic mass is 79.9. The minimum atomic E-state index is -0.646. The number of rotatable bonds is 3. The third kappa shape index (κ3) is 2.59. The fraction of sp³-hybridized carbons (Fsp3) is 0.167. The van der Waals surface area contributed by atoms with E-state index in [1.165, 1.54) is 29.9 Å². The Bertz CT molecular complexity index is 741. The van der Waals surface area contributed by atoms with Gasteiger partial charge in [-0.15, -0.1) is 0 Å². The molecule has 110 valence electrons. The third-order valence-corrected chi connectivity index (χ3v) is 3.48.